The third kappa shape index (κ3) is 1.85. The minimum absolute atomic E-state index is 0.207. The lowest BCUT2D eigenvalue weighted by Crippen LogP contribution is -2.14. The van der Waals surface area contributed by atoms with E-state index in [1.807, 2.05) is 18.2 Å². The summed E-state index contributed by atoms with van der Waals surface area (Å²) >= 11 is 0. The van der Waals surface area contributed by atoms with Crippen molar-refractivity contribution in [2.75, 3.05) is 0 Å². The van der Waals surface area contributed by atoms with Gasteiger partial charge in [0.15, 0.2) is 0 Å². The quantitative estimate of drug-likeness (QED) is 0.587. The number of nitrogens with zero attached hydrogens (tertiary/aromatic N) is 1. The normalized spacial score (nSPS) is 10.2. The Hall–Kier alpha value is -2.36. The molecular weight excluding hydrogens is 218 g/mol. The van der Waals surface area contributed by atoms with Crippen LogP contribution in [0.1, 0.15) is 22.2 Å². The Bertz CT molecular complexity index is 610. The van der Waals surface area contributed by atoms with Crippen LogP contribution >= 0.6 is 0 Å². The highest BCUT2D eigenvalue weighted by Crippen LogP contribution is 2.20. The monoisotopic (exact) mass is 229 g/mol. The van der Waals surface area contributed by atoms with Gasteiger partial charge in [0, 0.05) is 12.3 Å². The summed E-state index contributed by atoms with van der Waals surface area (Å²) in [7, 11) is 0. The summed E-state index contributed by atoms with van der Waals surface area (Å²) in [6, 6.07) is 8.89. The fraction of sp³-hybridized carbons (Fsp3) is 0.0769. The van der Waals surface area contributed by atoms with Crippen LogP contribution in [0.25, 0.3) is 10.9 Å². The van der Waals surface area contributed by atoms with Crippen LogP contribution in [0.15, 0.2) is 43.2 Å². The zero-order valence-corrected chi connectivity index (χ0v) is 9.34. The van der Waals surface area contributed by atoms with Crippen LogP contribution in [-0.2, 0) is 4.74 Å². The predicted molar refractivity (Wildman–Crippen MR) is 63.9 cm³/mol. The Kier molecular flexibility index (Phi) is 2.78. The molecule has 4 nitrogen and oxygen atoms in total. The van der Waals surface area contributed by atoms with Gasteiger partial charge in [-0.2, -0.15) is 0 Å². The summed E-state index contributed by atoms with van der Waals surface area (Å²) in [5.74, 6) is -0.825. The fourth-order valence-electron chi connectivity index (χ4n) is 1.78. The molecule has 4 heteroatoms. The molecule has 0 saturated heterocycles. The first-order valence-electron chi connectivity index (χ1n) is 5.08. The molecule has 17 heavy (non-hydrogen) atoms. The van der Waals surface area contributed by atoms with Crippen LogP contribution in [-0.4, -0.2) is 16.4 Å². The Balaban J connectivity index is 2.70. The highest BCUT2D eigenvalue weighted by atomic mass is 16.5. The van der Waals surface area contributed by atoms with E-state index in [4.69, 9.17) is 4.74 Å². The average molecular weight is 229 g/mol. The van der Waals surface area contributed by atoms with E-state index >= 15 is 0 Å². The number of rotatable bonds is 2. The molecule has 86 valence electrons. The van der Waals surface area contributed by atoms with Crippen molar-refractivity contribution in [2.24, 2.45) is 0 Å². The second-order valence-corrected chi connectivity index (χ2v) is 3.51. The van der Waals surface area contributed by atoms with Gasteiger partial charge in [-0.25, -0.2) is 4.79 Å². The number of para-hydroxylation sites is 1. The maximum absolute atomic E-state index is 11.7. The molecule has 0 N–H and O–H groups in total. The molecule has 0 bridgehead atoms. The Morgan fingerprint density at radius 1 is 1.35 bits per heavy atom. The Labute approximate surface area is 98.1 Å². The van der Waals surface area contributed by atoms with E-state index in [1.165, 1.54) is 11.5 Å². The lowest BCUT2D eigenvalue weighted by Gasteiger charge is -2.04. The first kappa shape index (κ1) is 11.1. The van der Waals surface area contributed by atoms with Gasteiger partial charge in [0.2, 0.25) is 5.91 Å². The van der Waals surface area contributed by atoms with E-state index in [2.05, 4.69) is 6.58 Å². The van der Waals surface area contributed by atoms with Crippen molar-refractivity contribution in [3.8, 4) is 0 Å². The predicted octanol–water partition coefficient (Wildman–Crippen LogP) is 2.60. The smallest absolute Gasteiger partial charge is 0.360 e. The van der Waals surface area contributed by atoms with Gasteiger partial charge in [0.05, 0.1) is 11.8 Å². The molecule has 0 radical (unpaired) electrons. The standard InChI is InChI=1S/C13H11NO3/c1-3-17-13(16)12-8-10-6-4-5-7-11(10)14(12)9(2)15/h3-8H,1H2,2H3. The van der Waals surface area contributed by atoms with Gasteiger partial charge in [-0.15, -0.1) is 0 Å². The van der Waals surface area contributed by atoms with Crippen LogP contribution in [0.5, 0.6) is 0 Å². The number of benzene rings is 1. The largest absolute Gasteiger partial charge is 0.430 e. The zero-order chi connectivity index (χ0) is 12.4. The second kappa shape index (κ2) is 4.25. The molecule has 0 spiro atoms. The van der Waals surface area contributed by atoms with Crippen molar-refractivity contribution in [1.29, 1.82) is 0 Å². The van der Waals surface area contributed by atoms with Crippen molar-refractivity contribution in [3.05, 3.63) is 48.9 Å². The van der Waals surface area contributed by atoms with Crippen LogP contribution in [0.2, 0.25) is 0 Å². The summed E-state index contributed by atoms with van der Waals surface area (Å²) in [4.78, 5) is 23.3. The number of fused-ring (bicyclic) bond motifs is 1. The van der Waals surface area contributed by atoms with Crippen LogP contribution < -0.4 is 0 Å². The average Bonchev–Trinajstić information content (AvgIpc) is 2.68. The first-order chi connectivity index (χ1) is 8.15. The van der Waals surface area contributed by atoms with Gasteiger partial charge in [-0.05, 0) is 12.1 Å². The van der Waals surface area contributed by atoms with Crippen molar-refractivity contribution in [1.82, 2.24) is 4.57 Å². The molecule has 1 heterocycles. The highest BCUT2D eigenvalue weighted by molar-refractivity contribution is 6.02. The minimum atomic E-state index is -0.591. The Morgan fingerprint density at radius 3 is 2.71 bits per heavy atom. The molecule has 0 aliphatic rings. The van der Waals surface area contributed by atoms with Crippen molar-refractivity contribution >= 4 is 22.8 Å². The van der Waals surface area contributed by atoms with Gasteiger partial charge in [-0.3, -0.25) is 9.36 Å². The molecule has 0 amide bonds. The van der Waals surface area contributed by atoms with E-state index < -0.39 is 5.97 Å². The molecule has 1 aromatic carbocycles. The SMILES string of the molecule is C=COC(=O)c1cc2ccccc2n1C(C)=O. The summed E-state index contributed by atoms with van der Waals surface area (Å²) in [6.07, 6.45) is 1.05. The fourth-order valence-corrected chi connectivity index (χ4v) is 1.78. The number of hydrogen-bond donors (Lipinski definition) is 0. The molecular formula is C13H11NO3. The molecule has 2 aromatic rings. The van der Waals surface area contributed by atoms with Gasteiger partial charge in [-0.1, -0.05) is 24.8 Å². The Morgan fingerprint density at radius 2 is 2.06 bits per heavy atom. The number of aromatic nitrogens is 1. The molecule has 0 unspecified atom stereocenters. The highest BCUT2D eigenvalue weighted by Gasteiger charge is 2.18. The maximum atomic E-state index is 11.7. The third-order valence-electron chi connectivity index (χ3n) is 2.43. The summed E-state index contributed by atoms with van der Waals surface area (Å²) in [5, 5.41) is 0.818. The lowest BCUT2D eigenvalue weighted by atomic mass is 10.2. The van der Waals surface area contributed by atoms with E-state index in [-0.39, 0.29) is 11.6 Å². The molecule has 1 aromatic heterocycles. The number of ether oxygens (including phenoxy) is 1. The number of carbonyl (C=O) groups is 2. The number of hydrogen-bond acceptors (Lipinski definition) is 3. The molecule has 2 rings (SSSR count). The topological polar surface area (TPSA) is 48.3 Å². The van der Waals surface area contributed by atoms with E-state index in [9.17, 15) is 9.59 Å². The van der Waals surface area contributed by atoms with E-state index in [0.29, 0.717) is 5.52 Å². The van der Waals surface area contributed by atoms with E-state index in [0.717, 1.165) is 11.6 Å². The van der Waals surface area contributed by atoms with Crippen LogP contribution in [0.3, 0.4) is 0 Å². The van der Waals surface area contributed by atoms with Gasteiger partial charge >= 0.3 is 5.97 Å². The summed E-state index contributed by atoms with van der Waals surface area (Å²) < 4.78 is 6.03. The molecule has 0 atom stereocenters. The van der Waals surface area contributed by atoms with Crippen LogP contribution in [0.4, 0.5) is 0 Å². The maximum Gasteiger partial charge on any atom is 0.360 e. The summed E-state index contributed by atoms with van der Waals surface area (Å²) in [6.45, 7) is 4.72. The third-order valence-corrected chi connectivity index (χ3v) is 2.43. The van der Waals surface area contributed by atoms with Crippen molar-refractivity contribution < 1.29 is 14.3 Å². The minimum Gasteiger partial charge on any atom is -0.430 e. The second-order valence-electron chi connectivity index (χ2n) is 3.51. The van der Waals surface area contributed by atoms with Crippen molar-refractivity contribution in [2.45, 2.75) is 6.92 Å². The molecule has 0 saturated carbocycles. The van der Waals surface area contributed by atoms with Crippen LogP contribution in [0, 0.1) is 0 Å². The van der Waals surface area contributed by atoms with Crippen molar-refractivity contribution in [3.63, 3.8) is 0 Å². The molecule has 0 fully saturated rings. The molecule has 0 aliphatic heterocycles. The van der Waals surface area contributed by atoms with E-state index in [1.54, 1.807) is 12.1 Å². The van der Waals surface area contributed by atoms with Gasteiger partial charge in [0.1, 0.15) is 5.69 Å². The molecule has 0 aliphatic carbocycles. The van der Waals surface area contributed by atoms with Gasteiger partial charge in [0.25, 0.3) is 0 Å². The van der Waals surface area contributed by atoms with Gasteiger partial charge < -0.3 is 4.74 Å². The number of carbonyl (C=O) groups excluding carboxylic acids is 2. The zero-order valence-electron chi connectivity index (χ0n) is 9.34. The summed E-state index contributed by atoms with van der Waals surface area (Å²) in [5.41, 5.74) is 0.898. The lowest BCUT2D eigenvalue weighted by molar-refractivity contribution is 0.0645. The number of esters is 1. The first-order valence-corrected chi connectivity index (χ1v) is 5.08.